The van der Waals surface area contributed by atoms with Crippen LogP contribution in [0.4, 0.5) is 18.9 Å². The van der Waals surface area contributed by atoms with Crippen molar-refractivity contribution < 1.29 is 18.0 Å². The van der Waals surface area contributed by atoms with E-state index in [2.05, 4.69) is 11.9 Å². The molecule has 1 heterocycles. The molecule has 100 valence electrons. The van der Waals surface area contributed by atoms with Crippen molar-refractivity contribution in [1.29, 1.82) is 0 Å². The Morgan fingerprint density at radius 3 is 2.63 bits per heavy atom. The quantitative estimate of drug-likeness (QED) is 0.794. The van der Waals surface area contributed by atoms with Gasteiger partial charge in [0.2, 0.25) is 0 Å². The van der Waals surface area contributed by atoms with E-state index in [1.807, 2.05) is 0 Å². The molecule has 3 nitrogen and oxygen atoms in total. The van der Waals surface area contributed by atoms with Gasteiger partial charge in [0, 0.05) is 17.6 Å². The predicted octanol–water partition coefficient (Wildman–Crippen LogP) is 3.02. The molecule has 1 N–H and O–H groups in total. The second-order valence-corrected chi connectivity index (χ2v) is 4.10. The minimum Gasteiger partial charge on any atom is -0.356 e. The van der Waals surface area contributed by atoms with E-state index in [1.54, 1.807) is 6.92 Å². The van der Waals surface area contributed by atoms with Gasteiger partial charge in [0.25, 0.3) is 5.91 Å². The van der Waals surface area contributed by atoms with E-state index in [0.29, 0.717) is 5.70 Å². The number of carbonyl (C=O) groups excluding carboxylic acids is 1. The van der Waals surface area contributed by atoms with Gasteiger partial charge in [0.15, 0.2) is 0 Å². The van der Waals surface area contributed by atoms with Crippen LogP contribution in [0.25, 0.3) is 0 Å². The molecular weight excluding hydrogens is 257 g/mol. The van der Waals surface area contributed by atoms with Gasteiger partial charge in [-0.1, -0.05) is 12.6 Å². The molecule has 1 aromatic carbocycles. The topological polar surface area (TPSA) is 32.3 Å². The van der Waals surface area contributed by atoms with Gasteiger partial charge < -0.3 is 5.32 Å². The summed E-state index contributed by atoms with van der Waals surface area (Å²) in [4.78, 5) is 13.1. The Kier molecular flexibility index (Phi) is 3.09. The van der Waals surface area contributed by atoms with Crippen LogP contribution < -0.4 is 10.2 Å². The highest BCUT2D eigenvalue weighted by molar-refractivity contribution is 6.08. The smallest absolute Gasteiger partial charge is 0.356 e. The lowest BCUT2D eigenvalue weighted by Crippen LogP contribution is -2.38. The van der Waals surface area contributed by atoms with Crippen LogP contribution in [0.15, 0.2) is 48.4 Å². The first-order valence-electron chi connectivity index (χ1n) is 5.44. The highest BCUT2D eigenvalue weighted by Gasteiger charge is 2.32. The summed E-state index contributed by atoms with van der Waals surface area (Å²) in [5.74, 6) is -0.473. The number of nitrogens with zero attached hydrogens (tertiary/aromatic N) is 1. The second-order valence-electron chi connectivity index (χ2n) is 4.10. The molecule has 0 fully saturated rings. The van der Waals surface area contributed by atoms with Crippen LogP contribution in [-0.2, 0) is 11.0 Å². The zero-order chi connectivity index (χ0) is 14.2. The van der Waals surface area contributed by atoms with Gasteiger partial charge >= 0.3 is 6.18 Å². The van der Waals surface area contributed by atoms with Crippen LogP contribution >= 0.6 is 0 Å². The number of alkyl halides is 3. The van der Waals surface area contributed by atoms with E-state index in [-0.39, 0.29) is 11.4 Å². The molecule has 0 saturated heterocycles. The van der Waals surface area contributed by atoms with Crippen molar-refractivity contribution in [3.63, 3.8) is 0 Å². The monoisotopic (exact) mass is 268 g/mol. The third-order valence-corrected chi connectivity index (χ3v) is 2.70. The fourth-order valence-corrected chi connectivity index (χ4v) is 1.76. The van der Waals surface area contributed by atoms with Crippen molar-refractivity contribution in [2.75, 3.05) is 4.90 Å². The number of anilines is 1. The first kappa shape index (κ1) is 13.2. The number of benzene rings is 1. The van der Waals surface area contributed by atoms with Gasteiger partial charge in [-0.3, -0.25) is 9.69 Å². The summed E-state index contributed by atoms with van der Waals surface area (Å²) < 4.78 is 38.0. The molecule has 1 aliphatic rings. The normalized spacial score (nSPS) is 16.2. The Hall–Kier alpha value is -2.24. The van der Waals surface area contributed by atoms with E-state index >= 15 is 0 Å². The molecule has 0 bridgehead atoms. The van der Waals surface area contributed by atoms with Crippen molar-refractivity contribution in [3.05, 3.63) is 54.0 Å². The number of hydrogen-bond acceptors (Lipinski definition) is 2. The van der Waals surface area contributed by atoms with Crippen LogP contribution in [0.1, 0.15) is 12.5 Å². The molecule has 2 rings (SSSR count). The lowest BCUT2D eigenvalue weighted by Gasteiger charge is -2.28. The molecular formula is C13H11F3N2O. The Balaban J connectivity index is 2.47. The summed E-state index contributed by atoms with van der Waals surface area (Å²) in [5.41, 5.74) is -0.0225. The molecule has 1 aliphatic heterocycles. The van der Waals surface area contributed by atoms with Crippen molar-refractivity contribution in [2.45, 2.75) is 13.1 Å². The van der Waals surface area contributed by atoms with Crippen LogP contribution in [0, 0.1) is 0 Å². The number of hydrogen-bond donors (Lipinski definition) is 1. The summed E-state index contributed by atoms with van der Waals surface area (Å²) >= 11 is 0. The molecule has 0 saturated carbocycles. The summed E-state index contributed by atoms with van der Waals surface area (Å²) in [7, 11) is 0. The lowest BCUT2D eigenvalue weighted by atomic mass is 10.1. The summed E-state index contributed by atoms with van der Waals surface area (Å²) in [6.07, 6.45) is -2.92. The van der Waals surface area contributed by atoms with E-state index in [0.717, 1.165) is 12.1 Å². The minimum atomic E-state index is -4.44. The summed E-state index contributed by atoms with van der Waals surface area (Å²) in [6, 6.07) is 4.62. The Morgan fingerprint density at radius 1 is 1.32 bits per heavy atom. The molecule has 0 spiro atoms. The Morgan fingerprint density at radius 2 is 2.00 bits per heavy atom. The van der Waals surface area contributed by atoms with Gasteiger partial charge in [0.05, 0.1) is 11.3 Å². The SMILES string of the molecule is C=C1NC=C(C)N(c2cccc(C(F)(F)F)c2)C1=O. The maximum Gasteiger partial charge on any atom is 0.416 e. The number of nitrogens with one attached hydrogen (secondary N) is 1. The standard InChI is InChI=1S/C13H11F3N2O/c1-8-7-17-9(2)12(19)18(8)11-5-3-4-10(6-11)13(14,15)16/h3-7,17H,2H2,1H3. The fourth-order valence-electron chi connectivity index (χ4n) is 1.76. The maximum absolute atomic E-state index is 12.7. The molecule has 0 unspecified atom stereocenters. The molecule has 0 atom stereocenters. The number of rotatable bonds is 1. The number of amides is 1. The number of allylic oxidation sites excluding steroid dienone is 1. The largest absolute Gasteiger partial charge is 0.416 e. The second kappa shape index (κ2) is 4.46. The number of carbonyl (C=O) groups is 1. The average molecular weight is 268 g/mol. The number of halogens is 3. The zero-order valence-corrected chi connectivity index (χ0v) is 10.1. The van der Waals surface area contributed by atoms with Crippen LogP contribution in [-0.4, -0.2) is 5.91 Å². The van der Waals surface area contributed by atoms with Crippen LogP contribution in [0.2, 0.25) is 0 Å². The van der Waals surface area contributed by atoms with E-state index in [1.165, 1.54) is 23.2 Å². The average Bonchev–Trinajstić information content (AvgIpc) is 2.34. The predicted molar refractivity (Wildman–Crippen MR) is 65.0 cm³/mol. The summed E-state index contributed by atoms with van der Waals surface area (Å²) in [5, 5.41) is 2.66. The molecule has 0 aromatic heterocycles. The minimum absolute atomic E-state index is 0.114. The van der Waals surface area contributed by atoms with Crippen molar-refractivity contribution in [1.82, 2.24) is 5.32 Å². The van der Waals surface area contributed by atoms with Gasteiger partial charge in [-0.2, -0.15) is 13.2 Å². The third kappa shape index (κ3) is 2.47. The van der Waals surface area contributed by atoms with E-state index < -0.39 is 17.6 Å². The van der Waals surface area contributed by atoms with Gasteiger partial charge in [-0.25, -0.2) is 0 Å². The molecule has 19 heavy (non-hydrogen) atoms. The van der Waals surface area contributed by atoms with Crippen molar-refractivity contribution in [2.24, 2.45) is 0 Å². The molecule has 0 radical (unpaired) electrons. The first-order chi connectivity index (χ1) is 8.80. The van der Waals surface area contributed by atoms with Gasteiger partial charge in [0.1, 0.15) is 0 Å². The zero-order valence-electron chi connectivity index (χ0n) is 10.1. The maximum atomic E-state index is 12.7. The van der Waals surface area contributed by atoms with E-state index in [9.17, 15) is 18.0 Å². The third-order valence-electron chi connectivity index (χ3n) is 2.70. The molecule has 6 heteroatoms. The fraction of sp³-hybridized carbons (Fsp3) is 0.154. The molecule has 1 amide bonds. The van der Waals surface area contributed by atoms with Crippen molar-refractivity contribution >= 4 is 11.6 Å². The van der Waals surface area contributed by atoms with Gasteiger partial charge in [-0.05, 0) is 25.1 Å². The Bertz CT molecular complexity index is 575. The summed E-state index contributed by atoms with van der Waals surface area (Å²) in [6.45, 7) is 5.13. The van der Waals surface area contributed by atoms with Crippen LogP contribution in [0.5, 0.6) is 0 Å². The highest BCUT2D eigenvalue weighted by Crippen LogP contribution is 2.33. The van der Waals surface area contributed by atoms with E-state index in [4.69, 9.17) is 0 Å². The molecule has 1 aromatic rings. The highest BCUT2D eigenvalue weighted by atomic mass is 19.4. The van der Waals surface area contributed by atoms with Crippen molar-refractivity contribution in [3.8, 4) is 0 Å². The van der Waals surface area contributed by atoms with Crippen LogP contribution in [0.3, 0.4) is 0 Å². The van der Waals surface area contributed by atoms with Gasteiger partial charge in [-0.15, -0.1) is 0 Å². The molecule has 0 aliphatic carbocycles. The lowest BCUT2D eigenvalue weighted by molar-refractivity contribution is -0.137. The Labute approximate surface area is 108 Å². The first-order valence-corrected chi connectivity index (χ1v) is 5.44.